The molecule has 0 spiro atoms. The van der Waals surface area contributed by atoms with Crippen LogP contribution in [0.4, 0.5) is 5.69 Å². The fraction of sp³-hybridized carbons (Fsp3) is 0.471. The van der Waals surface area contributed by atoms with Crippen molar-refractivity contribution in [2.75, 3.05) is 25.9 Å². The number of hydrogen-bond donors (Lipinski definition) is 1. The van der Waals surface area contributed by atoms with Crippen LogP contribution in [0.3, 0.4) is 0 Å². The Labute approximate surface area is 148 Å². The lowest BCUT2D eigenvalue weighted by Crippen LogP contribution is -2.34. The molecule has 0 radical (unpaired) electrons. The topological polar surface area (TPSA) is 76.5 Å². The van der Waals surface area contributed by atoms with E-state index in [0.717, 1.165) is 36.1 Å². The second-order valence-electron chi connectivity index (χ2n) is 6.62. The Kier molecular flexibility index (Phi) is 4.75. The maximum atomic E-state index is 12.6. The number of nitrogens with one attached hydrogen (secondary N) is 1. The Bertz CT molecular complexity index is 874. The highest BCUT2D eigenvalue weighted by Gasteiger charge is 2.27. The van der Waals surface area contributed by atoms with Gasteiger partial charge in [0.15, 0.2) is 5.03 Å². The van der Waals surface area contributed by atoms with E-state index in [0.29, 0.717) is 11.7 Å². The van der Waals surface area contributed by atoms with Crippen LogP contribution in [0.1, 0.15) is 17.5 Å². The fourth-order valence-corrected chi connectivity index (χ4v) is 4.36. The van der Waals surface area contributed by atoms with E-state index in [-0.39, 0.29) is 5.03 Å². The standard InChI is InChI=1S/C17H24N4O3S/c1-20(2)12-5-6-13-14(9-12)16(24-4)8-7-15(13)19-25(22,23)17-10-21(3)11-18-17/h7-8,10-12,19H,5-6,9H2,1-4H3/t12-/m0/s1. The molecule has 1 heterocycles. The minimum absolute atomic E-state index is 0.0153. The number of likely N-dealkylation sites (N-methyl/N-ethyl adjacent to an activating group) is 1. The molecule has 0 saturated carbocycles. The van der Waals surface area contributed by atoms with Gasteiger partial charge in [0.2, 0.25) is 0 Å². The lowest BCUT2D eigenvalue weighted by Gasteiger charge is -2.32. The lowest BCUT2D eigenvalue weighted by molar-refractivity contribution is 0.265. The number of hydrogen-bond acceptors (Lipinski definition) is 5. The van der Waals surface area contributed by atoms with Gasteiger partial charge in [-0.2, -0.15) is 8.42 Å². The van der Waals surface area contributed by atoms with Crippen LogP contribution in [0, 0.1) is 0 Å². The first-order valence-electron chi connectivity index (χ1n) is 8.17. The van der Waals surface area contributed by atoms with Crippen molar-refractivity contribution in [1.82, 2.24) is 14.5 Å². The third kappa shape index (κ3) is 3.50. The van der Waals surface area contributed by atoms with Gasteiger partial charge in [-0.15, -0.1) is 0 Å². The molecule has 0 saturated heterocycles. The number of aryl methyl sites for hydroxylation is 1. The molecule has 7 nitrogen and oxygen atoms in total. The number of ether oxygens (including phenoxy) is 1. The molecule has 1 N–H and O–H groups in total. The highest BCUT2D eigenvalue weighted by molar-refractivity contribution is 7.92. The molecule has 136 valence electrons. The van der Waals surface area contributed by atoms with Crippen molar-refractivity contribution in [2.24, 2.45) is 7.05 Å². The zero-order valence-electron chi connectivity index (χ0n) is 15.0. The SMILES string of the molecule is COc1ccc(NS(=O)(=O)c2cn(C)cn2)c2c1C[C@@H](N(C)C)CC2. The number of methoxy groups -OCH3 is 1. The molecule has 1 aromatic heterocycles. The molecule has 0 fully saturated rings. The highest BCUT2D eigenvalue weighted by atomic mass is 32.2. The van der Waals surface area contributed by atoms with Gasteiger partial charge >= 0.3 is 0 Å². The number of anilines is 1. The van der Waals surface area contributed by atoms with E-state index < -0.39 is 10.0 Å². The van der Waals surface area contributed by atoms with Crippen molar-refractivity contribution in [3.05, 3.63) is 35.8 Å². The molecule has 0 amide bonds. The minimum atomic E-state index is -3.71. The van der Waals surface area contributed by atoms with Crippen LogP contribution in [0.5, 0.6) is 5.75 Å². The van der Waals surface area contributed by atoms with Crippen molar-refractivity contribution >= 4 is 15.7 Å². The summed E-state index contributed by atoms with van der Waals surface area (Å²) < 4.78 is 35.0. The van der Waals surface area contributed by atoms with Gasteiger partial charge in [0.05, 0.1) is 19.1 Å². The van der Waals surface area contributed by atoms with Crippen LogP contribution < -0.4 is 9.46 Å². The maximum absolute atomic E-state index is 12.6. The van der Waals surface area contributed by atoms with Crippen LogP contribution >= 0.6 is 0 Å². The predicted octanol–water partition coefficient (Wildman–Crippen LogP) is 1.65. The monoisotopic (exact) mass is 364 g/mol. The number of rotatable bonds is 5. The second kappa shape index (κ2) is 6.68. The molecule has 3 rings (SSSR count). The average molecular weight is 364 g/mol. The molecule has 1 atom stereocenters. The summed E-state index contributed by atoms with van der Waals surface area (Å²) in [5, 5.41) is 0.0153. The highest BCUT2D eigenvalue weighted by Crippen LogP contribution is 2.36. The van der Waals surface area contributed by atoms with Crippen molar-refractivity contribution in [2.45, 2.75) is 30.3 Å². The summed E-state index contributed by atoms with van der Waals surface area (Å²) in [6.45, 7) is 0. The van der Waals surface area contributed by atoms with Gasteiger partial charge in [-0.05, 0) is 51.1 Å². The third-order valence-electron chi connectivity index (χ3n) is 4.71. The normalized spacial score (nSPS) is 17.4. The van der Waals surface area contributed by atoms with E-state index in [9.17, 15) is 8.42 Å². The number of aromatic nitrogens is 2. The quantitative estimate of drug-likeness (QED) is 0.873. The Balaban J connectivity index is 1.97. The predicted molar refractivity (Wildman–Crippen MR) is 96.5 cm³/mol. The van der Waals surface area contributed by atoms with Crippen LogP contribution in [0.15, 0.2) is 29.7 Å². The minimum Gasteiger partial charge on any atom is -0.496 e. The van der Waals surface area contributed by atoms with E-state index in [2.05, 4.69) is 28.7 Å². The van der Waals surface area contributed by atoms with E-state index >= 15 is 0 Å². The van der Waals surface area contributed by atoms with E-state index in [4.69, 9.17) is 4.74 Å². The zero-order chi connectivity index (χ0) is 18.2. The zero-order valence-corrected chi connectivity index (χ0v) is 15.8. The number of nitrogens with zero attached hydrogens (tertiary/aromatic N) is 3. The maximum Gasteiger partial charge on any atom is 0.280 e. The van der Waals surface area contributed by atoms with Gasteiger partial charge in [0.1, 0.15) is 5.75 Å². The van der Waals surface area contributed by atoms with Gasteiger partial charge in [-0.25, -0.2) is 4.98 Å². The molecular formula is C17H24N4O3S. The fourth-order valence-electron chi connectivity index (χ4n) is 3.28. The smallest absolute Gasteiger partial charge is 0.280 e. The summed E-state index contributed by atoms with van der Waals surface area (Å²) in [6.07, 6.45) is 5.58. The summed E-state index contributed by atoms with van der Waals surface area (Å²) in [5.74, 6) is 0.808. The molecule has 0 bridgehead atoms. The molecule has 25 heavy (non-hydrogen) atoms. The number of benzene rings is 1. The van der Waals surface area contributed by atoms with Crippen molar-refractivity contribution in [3.63, 3.8) is 0 Å². The molecule has 0 aliphatic heterocycles. The molecule has 1 aliphatic rings. The Morgan fingerprint density at radius 1 is 1.32 bits per heavy atom. The van der Waals surface area contributed by atoms with E-state index in [1.54, 1.807) is 24.8 Å². The third-order valence-corrected chi connectivity index (χ3v) is 5.96. The van der Waals surface area contributed by atoms with Gasteiger partial charge in [0, 0.05) is 24.8 Å². The first-order chi connectivity index (χ1) is 11.8. The molecule has 1 aromatic carbocycles. The van der Waals surface area contributed by atoms with E-state index in [1.165, 1.54) is 12.5 Å². The second-order valence-corrected chi connectivity index (χ2v) is 8.24. The van der Waals surface area contributed by atoms with Crippen LogP contribution in [-0.4, -0.2) is 50.1 Å². The number of sulfonamides is 1. The summed E-state index contributed by atoms with van der Waals surface area (Å²) in [6, 6.07) is 4.02. The van der Waals surface area contributed by atoms with Crippen LogP contribution in [0.25, 0.3) is 0 Å². The summed E-state index contributed by atoms with van der Waals surface area (Å²) in [5.41, 5.74) is 2.70. The molecule has 8 heteroatoms. The lowest BCUT2D eigenvalue weighted by atomic mass is 9.86. The molecule has 2 aromatic rings. The summed E-state index contributed by atoms with van der Waals surface area (Å²) in [7, 11) is 3.81. The number of fused-ring (bicyclic) bond motifs is 1. The first-order valence-corrected chi connectivity index (χ1v) is 9.66. The molecule has 1 aliphatic carbocycles. The summed E-state index contributed by atoms with van der Waals surface area (Å²) in [4.78, 5) is 6.15. The summed E-state index contributed by atoms with van der Waals surface area (Å²) >= 11 is 0. The van der Waals surface area contributed by atoms with Crippen LogP contribution in [-0.2, 0) is 29.9 Å². The van der Waals surface area contributed by atoms with Crippen molar-refractivity contribution in [1.29, 1.82) is 0 Å². The van der Waals surface area contributed by atoms with Crippen molar-refractivity contribution < 1.29 is 13.2 Å². The van der Waals surface area contributed by atoms with E-state index in [1.807, 2.05) is 6.07 Å². The Morgan fingerprint density at radius 3 is 2.68 bits per heavy atom. The average Bonchev–Trinajstić information content (AvgIpc) is 3.02. The largest absolute Gasteiger partial charge is 0.496 e. The first kappa shape index (κ1) is 17.8. The Hall–Kier alpha value is -2.06. The molecule has 0 unspecified atom stereocenters. The van der Waals surface area contributed by atoms with Gasteiger partial charge < -0.3 is 14.2 Å². The van der Waals surface area contributed by atoms with Gasteiger partial charge in [-0.3, -0.25) is 4.72 Å². The van der Waals surface area contributed by atoms with Gasteiger partial charge in [-0.1, -0.05) is 0 Å². The Morgan fingerprint density at radius 2 is 2.08 bits per heavy atom. The number of imidazole rings is 1. The molecular weight excluding hydrogens is 340 g/mol. The van der Waals surface area contributed by atoms with Crippen molar-refractivity contribution in [3.8, 4) is 5.75 Å². The van der Waals surface area contributed by atoms with Gasteiger partial charge in [0.25, 0.3) is 10.0 Å². The van der Waals surface area contributed by atoms with Crippen LogP contribution in [0.2, 0.25) is 0 Å².